The predicted molar refractivity (Wildman–Crippen MR) is 59.7 cm³/mol. The van der Waals surface area contributed by atoms with Crippen LogP contribution in [-0.2, 0) is 9.53 Å². The Morgan fingerprint density at radius 2 is 2.47 bits per heavy atom. The third kappa shape index (κ3) is 4.95. The maximum atomic E-state index is 11.0. The van der Waals surface area contributed by atoms with Gasteiger partial charge in [0.2, 0.25) is 0 Å². The Bertz CT molecular complexity index is 229. The Labute approximate surface area is 91.3 Å². The summed E-state index contributed by atoms with van der Waals surface area (Å²) in [6.07, 6.45) is 3.38. The summed E-state index contributed by atoms with van der Waals surface area (Å²) in [5.41, 5.74) is 0. The van der Waals surface area contributed by atoms with Gasteiger partial charge in [-0.25, -0.2) is 4.79 Å². The lowest BCUT2D eigenvalue weighted by molar-refractivity contribution is -0.137. The molecular weight excluding hydrogens is 192 g/mol. The SMILES string of the molecule is CCOC(=O)/C=C/CN1CCN[C@H](C)C1. The molecule has 4 heteroatoms. The van der Waals surface area contributed by atoms with E-state index < -0.39 is 0 Å². The van der Waals surface area contributed by atoms with Crippen LogP contribution in [0.25, 0.3) is 0 Å². The molecule has 1 rings (SSSR count). The van der Waals surface area contributed by atoms with E-state index in [0.29, 0.717) is 12.6 Å². The molecule has 0 spiro atoms. The van der Waals surface area contributed by atoms with Crippen molar-refractivity contribution in [3.63, 3.8) is 0 Å². The minimum atomic E-state index is -0.249. The second kappa shape index (κ2) is 6.58. The van der Waals surface area contributed by atoms with E-state index in [1.54, 1.807) is 0 Å². The monoisotopic (exact) mass is 212 g/mol. The maximum absolute atomic E-state index is 11.0. The second-order valence-electron chi connectivity index (χ2n) is 3.77. The van der Waals surface area contributed by atoms with Crippen LogP contribution in [-0.4, -0.2) is 49.7 Å². The van der Waals surface area contributed by atoms with Gasteiger partial charge in [-0.2, -0.15) is 0 Å². The fourth-order valence-electron chi connectivity index (χ4n) is 1.67. The maximum Gasteiger partial charge on any atom is 0.330 e. The number of hydrogen-bond donors (Lipinski definition) is 1. The van der Waals surface area contributed by atoms with Crippen LogP contribution in [0.1, 0.15) is 13.8 Å². The van der Waals surface area contributed by atoms with Gasteiger partial charge >= 0.3 is 5.97 Å². The molecule has 1 atom stereocenters. The minimum Gasteiger partial charge on any atom is -0.463 e. The van der Waals surface area contributed by atoms with E-state index in [1.807, 2.05) is 13.0 Å². The van der Waals surface area contributed by atoms with Crippen LogP contribution in [0, 0.1) is 0 Å². The third-order valence-corrected chi connectivity index (χ3v) is 2.36. The zero-order chi connectivity index (χ0) is 11.1. The molecule has 0 unspecified atom stereocenters. The first kappa shape index (κ1) is 12.2. The molecule has 4 nitrogen and oxygen atoms in total. The summed E-state index contributed by atoms with van der Waals surface area (Å²) in [6.45, 7) is 8.34. The normalized spacial score (nSPS) is 23.2. The Morgan fingerprint density at radius 1 is 1.67 bits per heavy atom. The van der Waals surface area contributed by atoms with E-state index in [9.17, 15) is 4.79 Å². The highest BCUT2D eigenvalue weighted by molar-refractivity contribution is 5.81. The largest absolute Gasteiger partial charge is 0.463 e. The van der Waals surface area contributed by atoms with E-state index in [-0.39, 0.29) is 5.97 Å². The van der Waals surface area contributed by atoms with Gasteiger partial charge in [0, 0.05) is 38.3 Å². The Kier molecular flexibility index (Phi) is 5.36. The van der Waals surface area contributed by atoms with Gasteiger partial charge in [-0.3, -0.25) is 4.90 Å². The number of ether oxygens (including phenoxy) is 1. The molecule has 0 saturated carbocycles. The molecule has 1 aliphatic rings. The molecule has 1 fully saturated rings. The van der Waals surface area contributed by atoms with Crippen LogP contribution in [0.2, 0.25) is 0 Å². The van der Waals surface area contributed by atoms with Crippen molar-refractivity contribution >= 4 is 5.97 Å². The molecule has 15 heavy (non-hydrogen) atoms. The lowest BCUT2D eigenvalue weighted by Gasteiger charge is -2.30. The van der Waals surface area contributed by atoms with Gasteiger partial charge in [-0.15, -0.1) is 0 Å². The van der Waals surface area contributed by atoms with Crippen molar-refractivity contribution in [1.82, 2.24) is 10.2 Å². The molecule has 0 aromatic rings. The van der Waals surface area contributed by atoms with Crippen LogP contribution in [0.3, 0.4) is 0 Å². The van der Waals surface area contributed by atoms with Gasteiger partial charge < -0.3 is 10.1 Å². The number of nitrogens with zero attached hydrogens (tertiary/aromatic N) is 1. The van der Waals surface area contributed by atoms with E-state index in [0.717, 1.165) is 26.2 Å². The lowest BCUT2D eigenvalue weighted by atomic mass is 10.2. The third-order valence-electron chi connectivity index (χ3n) is 2.36. The summed E-state index contributed by atoms with van der Waals surface area (Å²) in [5.74, 6) is -0.249. The number of carbonyl (C=O) groups excluding carboxylic acids is 1. The number of nitrogens with one attached hydrogen (secondary N) is 1. The average Bonchev–Trinajstić information content (AvgIpc) is 2.18. The topological polar surface area (TPSA) is 41.6 Å². The summed E-state index contributed by atoms with van der Waals surface area (Å²) >= 11 is 0. The zero-order valence-corrected chi connectivity index (χ0v) is 9.53. The average molecular weight is 212 g/mol. The molecule has 1 saturated heterocycles. The van der Waals surface area contributed by atoms with Crippen molar-refractivity contribution in [1.29, 1.82) is 0 Å². The van der Waals surface area contributed by atoms with E-state index in [1.165, 1.54) is 6.08 Å². The van der Waals surface area contributed by atoms with Crippen LogP contribution in [0.5, 0.6) is 0 Å². The molecule has 0 bridgehead atoms. The Balaban J connectivity index is 2.20. The molecule has 86 valence electrons. The van der Waals surface area contributed by atoms with E-state index in [4.69, 9.17) is 4.74 Å². The molecule has 0 aromatic carbocycles. The summed E-state index contributed by atoms with van der Waals surface area (Å²) in [6, 6.07) is 0.537. The number of rotatable bonds is 4. The summed E-state index contributed by atoms with van der Waals surface area (Å²) in [5, 5.41) is 3.37. The molecule has 1 heterocycles. The van der Waals surface area contributed by atoms with Gasteiger partial charge in [-0.05, 0) is 13.8 Å². The van der Waals surface area contributed by atoms with Crippen LogP contribution < -0.4 is 5.32 Å². The quantitative estimate of drug-likeness (QED) is 0.541. The fourth-order valence-corrected chi connectivity index (χ4v) is 1.67. The summed E-state index contributed by atoms with van der Waals surface area (Å²) in [4.78, 5) is 13.3. The van der Waals surface area contributed by atoms with Gasteiger partial charge in [0.15, 0.2) is 0 Å². The predicted octanol–water partition coefficient (Wildman–Crippen LogP) is 0.399. The van der Waals surface area contributed by atoms with Crippen molar-refractivity contribution < 1.29 is 9.53 Å². The Hall–Kier alpha value is -0.870. The lowest BCUT2D eigenvalue weighted by Crippen LogP contribution is -2.49. The Morgan fingerprint density at radius 3 is 3.13 bits per heavy atom. The molecule has 1 aliphatic heterocycles. The van der Waals surface area contributed by atoms with Gasteiger partial charge in [0.25, 0.3) is 0 Å². The smallest absolute Gasteiger partial charge is 0.330 e. The number of hydrogen-bond acceptors (Lipinski definition) is 4. The minimum absolute atomic E-state index is 0.249. The molecule has 1 N–H and O–H groups in total. The van der Waals surface area contributed by atoms with Gasteiger partial charge in [0.05, 0.1) is 6.61 Å². The van der Waals surface area contributed by atoms with Gasteiger partial charge in [0.1, 0.15) is 0 Å². The highest BCUT2D eigenvalue weighted by Crippen LogP contribution is 1.98. The van der Waals surface area contributed by atoms with Crippen LogP contribution in [0.4, 0.5) is 0 Å². The second-order valence-corrected chi connectivity index (χ2v) is 3.77. The summed E-state index contributed by atoms with van der Waals surface area (Å²) in [7, 11) is 0. The van der Waals surface area contributed by atoms with E-state index >= 15 is 0 Å². The van der Waals surface area contributed by atoms with Crippen LogP contribution >= 0.6 is 0 Å². The molecule has 0 amide bonds. The fraction of sp³-hybridized carbons (Fsp3) is 0.727. The number of piperazine rings is 1. The van der Waals surface area contributed by atoms with Crippen molar-refractivity contribution in [2.45, 2.75) is 19.9 Å². The van der Waals surface area contributed by atoms with Crippen LogP contribution in [0.15, 0.2) is 12.2 Å². The molecular formula is C11H20N2O2. The molecule has 0 radical (unpaired) electrons. The molecule has 0 aromatic heterocycles. The van der Waals surface area contributed by atoms with Crippen molar-refractivity contribution in [2.75, 3.05) is 32.8 Å². The van der Waals surface area contributed by atoms with E-state index in [2.05, 4.69) is 17.1 Å². The first-order valence-corrected chi connectivity index (χ1v) is 5.51. The zero-order valence-electron chi connectivity index (χ0n) is 9.53. The first-order valence-electron chi connectivity index (χ1n) is 5.51. The van der Waals surface area contributed by atoms with Crippen molar-refractivity contribution in [3.8, 4) is 0 Å². The molecule has 0 aliphatic carbocycles. The first-order chi connectivity index (χ1) is 7.22. The summed E-state index contributed by atoms with van der Waals surface area (Å²) < 4.78 is 4.80. The highest BCUT2D eigenvalue weighted by atomic mass is 16.5. The standard InChI is InChI=1S/C11H20N2O2/c1-3-15-11(14)5-4-7-13-8-6-12-10(2)9-13/h4-5,10,12H,3,6-9H2,1-2H3/b5-4+/t10-/m1/s1. The van der Waals surface area contributed by atoms with Crippen molar-refractivity contribution in [2.24, 2.45) is 0 Å². The number of carbonyl (C=O) groups is 1. The van der Waals surface area contributed by atoms with Gasteiger partial charge in [-0.1, -0.05) is 6.08 Å². The van der Waals surface area contributed by atoms with Crippen molar-refractivity contribution in [3.05, 3.63) is 12.2 Å². The number of esters is 1. The highest BCUT2D eigenvalue weighted by Gasteiger charge is 2.13.